The Labute approximate surface area is 142 Å². The zero-order valence-corrected chi connectivity index (χ0v) is 15.3. The average Bonchev–Trinajstić information content (AvgIpc) is 3.00. The summed E-state index contributed by atoms with van der Waals surface area (Å²) in [5.41, 5.74) is 2.79. The predicted molar refractivity (Wildman–Crippen MR) is 90.9 cm³/mol. The summed E-state index contributed by atoms with van der Waals surface area (Å²) in [6, 6.07) is -0.0558. The number of carboxylic acid groups (broad SMARTS) is 1. The Morgan fingerprint density at radius 3 is 2.70 bits per heavy atom. The first-order valence-corrected chi connectivity index (χ1v) is 9.84. The number of thiazole rings is 1. The first-order chi connectivity index (χ1) is 10.7. The summed E-state index contributed by atoms with van der Waals surface area (Å²) in [4.78, 5) is 18.4. The number of rotatable bonds is 2. The third-order valence-electron chi connectivity index (χ3n) is 4.88. The molecule has 1 aliphatic heterocycles. The number of likely N-dealkylation sites (tertiary alicyclic amines) is 1. The molecule has 1 amide bonds. The van der Waals surface area contributed by atoms with Gasteiger partial charge in [-0.3, -0.25) is 0 Å². The van der Waals surface area contributed by atoms with E-state index < -0.39 is 17.1 Å². The van der Waals surface area contributed by atoms with E-state index in [1.165, 1.54) is 9.78 Å². The normalized spacial score (nSPS) is 24.7. The molecule has 23 heavy (non-hydrogen) atoms. The van der Waals surface area contributed by atoms with Crippen LogP contribution in [0.15, 0.2) is 5.51 Å². The fourth-order valence-electron chi connectivity index (χ4n) is 3.43. The van der Waals surface area contributed by atoms with Crippen molar-refractivity contribution in [3.8, 4) is 0 Å². The molecule has 3 rings (SSSR count). The molecule has 128 valence electrons. The van der Waals surface area contributed by atoms with Gasteiger partial charge >= 0.3 is 6.09 Å². The van der Waals surface area contributed by atoms with Crippen LogP contribution in [0.3, 0.4) is 0 Å². The molecule has 2 N–H and O–H groups in total. The highest BCUT2D eigenvalue weighted by Gasteiger charge is 2.50. The number of nitrogens with zero attached hydrogens (tertiary/aromatic N) is 2. The van der Waals surface area contributed by atoms with Gasteiger partial charge in [-0.15, -0.1) is 11.3 Å². The summed E-state index contributed by atoms with van der Waals surface area (Å²) in [7, 11) is -1.18. The van der Waals surface area contributed by atoms with Gasteiger partial charge in [0.1, 0.15) is 0 Å². The van der Waals surface area contributed by atoms with Gasteiger partial charge in [-0.2, -0.15) is 0 Å². The van der Waals surface area contributed by atoms with Gasteiger partial charge in [0, 0.05) is 23.4 Å². The standard InChI is InChI=1S/C15H23N3O3S2/c1-14(2,3)23(21)17-12-11-10(22-9-16-11)8-15(12)4-6-18(7-5-15)13(19)20/h9,12,17H,4-8H2,1-3H3,(H,19,20)/t12-,23?/m1/s1. The van der Waals surface area contributed by atoms with Gasteiger partial charge in [-0.05, 0) is 40.0 Å². The minimum atomic E-state index is -1.18. The number of carbonyl (C=O) groups is 1. The second-order valence-electron chi connectivity index (χ2n) is 7.40. The van der Waals surface area contributed by atoms with E-state index >= 15 is 0 Å². The molecule has 0 radical (unpaired) electrons. The van der Waals surface area contributed by atoms with Crippen molar-refractivity contribution < 1.29 is 14.1 Å². The molecular weight excluding hydrogens is 334 g/mol. The Morgan fingerprint density at radius 1 is 1.48 bits per heavy atom. The largest absolute Gasteiger partial charge is 0.465 e. The van der Waals surface area contributed by atoms with Crippen LogP contribution < -0.4 is 4.72 Å². The Balaban J connectivity index is 1.84. The molecule has 1 saturated heterocycles. The highest BCUT2D eigenvalue weighted by molar-refractivity contribution is 7.84. The van der Waals surface area contributed by atoms with Crippen molar-refractivity contribution in [3.05, 3.63) is 16.1 Å². The van der Waals surface area contributed by atoms with Gasteiger partial charge in [-0.25, -0.2) is 18.7 Å². The van der Waals surface area contributed by atoms with E-state index in [4.69, 9.17) is 0 Å². The zero-order chi connectivity index (χ0) is 16.8. The van der Waals surface area contributed by atoms with Crippen molar-refractivity contribution in [3.63, 3.8) is 0 Å². The van der Waals surface area contributed by atoms with Gasteiger partial charge < -0.3 is 10.0 Å². The molecule has 8 heteroatoms. The number of piperidine rings is 1. The third kappa shape index (κ3) is 3.04. The molecule has 1 unspecified atom stereocenters. The molecule has 0 saturated carbocycles. The summed E-state index contributed by atoms with van der Waals surface area (Å²) in [5, 5.41) is 9.17. The number of aromatic nitrogens is 1. The van der Waals surface area contributed by atoms with E-state index in [0.29, 0.717) is 13.1 Å². The maximum absolute atomic E-state index is 12.6. The van der Waals surface area contributed by atoms with Crippen LogP contribution in [0, 0.1) is 5.41 Å². The maximum Gasteiger partial charge on any atom is 0.407 e. The first-order valence-electron chi connectivity index (χ1n) is 7.81. The third-order valence-corrected chi connectivity index (χ3v) is 7.29. The van der Waals surface area contributed by atoms with E-state index in [0.717, 1.165) is 25.0 Å². The van der Waals surface area contributed by atoms with Crippen molar-refractivity contribution in [2.24, 2.45) is 5.41 Å². The monoisotopic (exact) mass is 357 g/mol. The van der Waals surface area contributed by atoms with Crippen LogP contribution in [0.5, 0.6) is 0 Å². The molecule has 0 aromatic carbocycles. The fourth-order valence-corrected chi connectivity index (χ4v) is 5.32. The topological polar surface area (TPSA) is 82.5 Å². The Morgan fingerprint density at radius 2 is 2.13 bits per heavy atom. The Hall–Kier alpha value is -0.990. The van der Waals surface area contributed by atoms with E-state index in [2.05, 4.69) is 9.71 Å². The number of amides is 1. The van der Waals surface area contributed by atoms with Crippen molar-refractivity contribution >= 4 is 28.4 Å². The lowest BCUT2D eigenvalue weighted by atomic mass is 9.74. The predicted octanol–water partition coefficient (Wildman–Crippen LogP) is 2.55. The average molecular weight is 358 g/mol. The highest BCUT2D eigenvalue weighted by atomic mass is 32.2. The van der Waals surface area contributed by atoms with Crippen LogP contribution in [-0.2, 0) is 17.4 Å². The maximum atomic E-state index is 12.6. The summed E-state index contributed by atoms with van der Waals surface area (Å²) in [6.45, 7) is 6.92. The Kier molecular flexibility index (Phi) is 4.27. The van der Waals surface area contributed by atoms with Gasteiger partial charge in [0.15, 0.2) is 0 Å². The molecule has 1 spiro atoms. The summed E-state index contributed by atoms with van der Waals surface area (Å²) in [5.74, 6) is 0. The molecule has 6 nitrogen and oxygen atoms in total. The zero-order valence-electron chi connectivity index (χ0n) is 13.7. The van der Waals surface area contributed by atoms with Gasteiger partial charge in [0.2, 0.25) is 0 Å². The molecule has 1 aliphatic carbocycles. The van der Waals surface area contributed by atoms with Crippen molar-refractivity contribution in [2.75, 3.05) is 13.1 Å². The highest BCUT2D eigenvalue weighted by Crippen LogP contribution is 2.53. The van der Waals surface area contributed by atoms with Crippen LogP contribution in [0.1, 0.15) is 50.2 Å². The summed E-state index contributed by atoms with van der Waals surface area (Å²) < 4.78 is 15.6. The molecule has 1 aromatic rings. The number of hydrogen-bond acceptors (Lipinski definition) is 4. The van der Waals surface area contributed by atoms with E-state index in [1.54, 1.807) is 11.3 Å². The summed E-state index contributed by atoms with van der Waals surface area (Å²) in [6.07, 6.45) is 1.61. The SMILES string of the molecule is CC(C)(C)S(=O)N[C@@H]1c2ncsc2CC12CCN(C(=O)O)CC2. The van der Waals surface area contributed by atoms with Crippen LogP contribution in [0.4, 0.5) is 4.79 Å². The molecule has 1 fully saturated rings. The second-order valence-corrected chi connectivity index (χ2v) is 10.3. The lowest BCUT2D eigenvalue weighted by Gasteiger charge is -2.42. The first kappa shape index (κ1) is 16.9. The second kappa shape index (κ2) is 5.82. The van der Waals surface area contributed by atoms with E-state index in [-0.39, 0.29) is 16.2 Å². The molecule has 2 aliphatic rings. The van der Waals surface area contributed by atoms with Crippen LogP contribution in [0.25, 0.3) is 0 Å². The van der Waals surface area contributed by atoms with Gasteiger partial charge in [0.25, 0.3) is 0 Å². The van der Waals surface area contributed by atoms with Gasteiger partial charge in [-0.1, -0.05) is 0 Å². The van der Waals surface area contributed by atoms with Crippen LogP contribution in [0.2, 0.25) is 0 Å². The Bertz CT molecular complexity index is 630. The fraction of sp³-hybridized carbons (Fsp3) is 0.733. The molecule has 1 aromatic heterocycles. The smallest absolute Gasteiger partial charge is 0.407 e. The molecule has 2 atom stereocenters. The minimum Gasteiger partial charge on any atom is -0.465 e. The lowest BCUT2D eigenvalue weighted by Crippen LogP contribution is -2.49. The number of hydrogen-bond donors (Lipinski definition) is 2. The molecule has 2 heterocycles. The number of nitrogens with one attached hydrogen (secondary N) is 1. The van der Waals surface area contributed by atoms with Gasteiger partial charge in [0.05, 0.1) is 33.0 Å². The number of fused-ring (bicyclic) bond motifs is 1. The van der Waals surface area contributed by atoms with Crippen LogP contribution in [-0.4, -0.2) is 43.1 Å². The minimum absolute atomic E-state index is 0.0558. The quantitative estimate of drug-likeness (QED) is 0.852. The lowest BCUT2D eigenvalue weighted by molar-refractivity contribution is 0.0764. The van der Waals surface area contributed by atoms with E-state index in [9.17, 15) is 14.1 Å². The van der Waals surface area contributed by atoms with Crippen LogP contribution >= 0.6 is 11.3 Å². The van der Waals surface area contributed by atoms with E-state index in [1.807, 2.05) is 26.3 Å². The van der Waals surface area contributed by atoms with Crippen molar-refractivity contribution in [1.29, 1.82) is 0 Å². The van der Waals surface area contributed by atoms with Crippen molar-refractivity contribution in [1.82, 2.24) is 14.6 Å². The van der Waals surface area contributed by atoms with Crippen molar-refractivity contribution in [2.45, 2.75) is 50.8 Å². The molecular formula is C15H23N3O3S2. The summed E-state index contributed by atoms with van der Waals surface area (Å²) >= 11 is 1.65. The molecule has 0 bridgehead atoms.